The molecule has 0 fully saturated rings. The molecule has 12 N–H and O–H groups in total. The first kappa shape index (κ1) is 36.4. The van der Waals surface area contributed by atoms with Crippen LogP contribution < -0.4 is 5.73 Å². The molecule has 1 aromatic rings. The van der Waals surface area contributed by atoms with Crippen LogP contribution in [0, 0.1) is 5.41 Å². The van der Waals surface area contributed by atoms with E-state index in [9.17, 15) is 20.4 Å². The molecule has 15 heteroatoms. The second-order valence-corrected chi connectivity index (χ2v) is 12.1. The SMILES string of the molecule is CC(C)(C)c1cc(C(C)(C)C)c(C(O)C(CO)(CO)CO)cc1CN.O=P(O)(O)O.O=P(O)(O)O. The van der Waals surface area contributed by atoms with Gasteiger partial charge in [-0.3, -0.25) is 0 Å². The Balaban J connectivity index is 0. The smallest absolute Gasteiger partial charge is 0.395 e. The third-order valence-electron chi connectivity index (χ3n) is 4.93. The summed E-state index contributed by atoms with van der Waals surface area (Å²) >= 11 is 0. The number of aliphatic hydroxyl groups excluding tert-OH is 4. The van der Waals surface area contributed by atoms with Gasteiger partial charge in [-0.15, -0.1) is 0 Å². The Morgan fingerprint density at radius 2 is 1.06 bits per heavy atom. The minimum atomic E-state index is -4.64. The van der Waals surface area contributed by atoms with Crippen LogP contribution in [0.2, 0.25) is 0 Å². The summed E-state index contributed by atoms with van der Waals surface area (Å²) in [6, 6.07) is 3.93. The second kappa shape index (κ2) is 13.7. The van der Waals surface area contributed by atoms with Crippen molar-refractivity contribution in [2.45, 2.75) is 65.0 Å². The lowest BCUT2D eigenvalue weighted by atomic mass is 9.71. The van der Waals surface area contributed by atoms with Gasteiger partial charge >= 0.3 is 15.6 Å². The Kier molecular flexibility index (Phi) is 14.2. The van der Waals surface area contributed by atoms with Crippen molar-refractivity contribution in [3.63, 3.8) is 0 Å². The van der Waals surface area contributed by atoms with E-state index in [1.54, 1.807) is 0 Å². The van der Waals surface area contributed by atoms with Gasteiger partial charge in [0.1, 0.15) is 0 Å². The van der Waals surface area contributed by atoms with E-state index in [0.717, 1.165) is 16.7 Å². The summed E-state index contributed by atoms with van der Waals surface area (Å²) in [5.41, 5.74) is 7.70. The standard InChI is InChI=1S/C20H35NO4.2H3O4P/c1-18(2,3)15-8-16(19(4,5)6)14(7-13(15)9-21)17(25)20(10-22,11-23)12-24;2*1-5(2,3)4/h7-8,17,22-25H,9-12,21H2,1-6H3;2*(H3,1,2,3,4). The summed E-state index contributed by atoms with van der Waals surface area (Å²) in [6.07, 6.45) is -1.21. The van der Waals surface area contributed by atoms with Crippen molar-refractivity contribution >= 4 is 15.6 Å². The highest BCUT2D eigenvalue weighted by atomic mass is 31.2. The van der Waals surface area contributed by atoms with E-state index < -0.39 is 47.0 Å². The normalized spacial score (nSPS) is 13.9. The van der Waals surface area contributed by atoms with Crippen molar-refractivity contribution in [2.75, 3.05) is 19.8 Å². The molecule has 0 saturated carbocycles. The molecule has 13 nitrogen and oxygen atoms in total. The van der Waals surface area contributed by atoms with Gasteiger partial charge in [-0.25, -0.2) is 9.13 Å². The molecule has 0 bridgehead atoms. The lowest BCUT2D eigenvalue weighted by Gasteiger charge is -2.37. The number of rotatable bonds is 6. The fraction of sp³-hybridized carbons (Fsp3) is 0.700. The van der Waals surface area contributed by atoms with Gasteiger partial charge in [-0.1, -0.05) is 53.7 Å². The van der Waals surface area contributed by atoms with E-state index in [-0.39, 0.29) is 10.8 Å². The van der Waals surface area contributed by atoms with Crippen LogP contribution in [0.3, 0.4) is 0 Å². The van der Waals surface area contributed by atoms with Gasteiger partial charge in [-0.05, 0) is 33.1 Å². The molecule has 208 valence electrons. The van der Waals surface area contributed by atoms with Crippen LogP contribution in [0.1, 0.15) is 69.9 Å². The Hall–Kier alpha value is -0.760. The maximum absolute atomic E-state index is 11.0. The van der Waals surface area contributed by atoms with Crippen LogP contribution in [0.5, 0.6) is 0 Å². The third kappa shape index (κ3) is 13.9. The highest BCUT2D eigenvalue weighted by Crippen LogP contribution is 2.41. The molecule has 0 saturated heterocycles. The first-order chi connectivity index (χ1) is 15.4. The molecule has 0 aliphatic heterocycles. The average Bonchev–Trinajstić information content (AvgIpc) is 2.64. The van der Waals surface area contributed by atoms with Crippen molar-refractivity contribution in [1.29, 1.82) is 0 Å². The molecule has 0 aliphatic carbocycles. The van der Waals surface area contributed by atoms with Gasteiger partial charge in [0, 0.05) is 6.54 Å². The molecule has 1 unspecified atom stereocenters. The van der Waals surface area contributed by atoms with E-state index in [1.165, 1.54) is 0 Å². The van der Waals surface area contributed by atoms with Crippen LogP contribution in [-0.2, 0) is 26.5 Å². The first-order valence-electron chi connectivity index (χ1n) is 10.3. The lowest BCUT2D eigenvalue weighted by molar-refractivity contribution is -0.0857. The molecule has 0 radical (unpaired) electrons. The van der Waals surface area contributed by atoms with Crippen molar-refractivity contribution < 1.29 is 58.9 Å². The predicted molar refractivity (Wildman–Crippen MR) is 129 cm³/mol. The highest BCUT2D eigenvalue weighted by molar-refractivity contribution is 7.45. The summed E-state index contributed by atoms with van der Waals surface area (Å²) in [5, 5.41) is 40.1. The molecule has 1 atom stereocenters. The van der Waals surface area contributed by atoms with E-state index in [2.05, 4.69) is 26.8 Å². The minimum Gasteiger partial charge on any atom is -0.395 e. The predicted octanol–water partition coefficient (Wildman–Crippen LogP) is -0.120. The van der Waals surface area contributed by atoms with E-state index >= 15 is 0 Å². The minimum absolute atomic E-state index is 0.111. The topological polar surface area (TPSA) is 262 Å². The lowest BCUT2D eigenvalue weighted by Crippen LogP contribution is -2.41. The average molecular weight is 549 g/mol. The summed E-state index contributed by atoms with van der Waals surface area (Å²) < 4.78 is 17.8. The first-order valence-corrected chi connectivity index (χ1v) is 13.5. The molecular formula is C20H41NO12P2. The summed E-state index contributed by atoms with van der Waals surface area (Å²) in [6.45, 7) is 11.2. The monoisotopic (exact) mass is 549 g/mol. The number of nitrogens with two attached hydrogens (primary N) is 1. The number of hydrogen-bond acceptors (Lipinski definition) is 7. The summed E-state index contributed by atoms with van der Waals surface area (Å²) in [7, 11) is -9.28. The number of benzene rings is 1. The fourth-order valence-electron chi connectivity index (χ4n) is 3.15. The van der Waals surface area contributed by atoms with Crippen LogP contribution in [0.4, 0.5) is 0 Å². The largest absolute Gasteiger partial charge is 0.466 e. The Morgan fingerprint density at radius 1 is 0.743 bits per heavy atom. The molecule has 0 amide bonds. The zero-order valence-electron chi connectivity index (χ0n) is 20.8. The van der Waals surface area contributed by atoms with Crippen LogP contribution in [0.15, 0.2) is 12.1 Å². The quantitative estimate of drug-likeness (QED) is 0.207. The fourth-order valence-corrected chi connectivity index (χ4v) is 3.15. The Labute approximate surface area is 205 Å². The van der Waals surface area contributed by atoms with Crippen LogP contribution in [0.25, 0.3) is 0 Å². The second-order valence-electron chi connectivity index (χ2n) is 10.1. The van der Waals surface area contributed by atoms with Crippen molar-refractivity contribution in [3.8, 4) is 0 Å². The summed E-state index contributed by atoms with van der Waals surface area (Å²) in [4.78, 5) is 43.1. The van der Waals surface area contributed by atoms with Gasteiger partial charge < -0.3 is 55.5 Å². The molecule has 35 heavy (non-hydrogen) atoms. The molecule has 0 heterocycles. The molecule has 0 aromatic heterocycles. The van der Waals surface area contributed by atoms with Crippen LogP contribution >= 0.6 is 15.6 Å². The molecule has 1 rings (SSSR count). The van der Waals surface area contributed by atoms with Gasteiger partial charge in [0.05, 0.1) is 31.3 Å². The van der Waals surface area contributed by atoms with Gasteiger partial charge in [-0.2, -0.15) is 0 Å². The number of aliphatic hydroxyl groups is 4. The van der Waals surface area contributed by atoms with E-state index in [0.29, 0.717) is 12.1 Å². The van der Waals surface area contributed by atoms with Gasteiger partial charge in [0.2, 0.25) is 0 Å². The molecular weight excluding hydrogens is 508 g/mol. The molecule has 1 aromatic carbocycles. The molecule has 0 aliphatic rings. The van der Waals surface area contributed by atoms with E-state index in [1.807, 2.05) is 26.8 Å². The Morgan fingerprint density at radius 3 is 1.29 bits per heavy atom. The number of hydrogen-bond donors (Lipinski definition) is 11. The maximum Gasteiger partial charge on any atom is 0.466 e. The zero-order valence-corrected chi connectivity index (χ0v) is 22.6. The third-order valence-corrected chi connectivity index (χ3v) is 4.93. The highest BCUT2D eigenvalue weighted by Gasteiger charge is 2.40. The van der Waals surface area contributed by atoms with Crippen molar-refractivity contribution in [2.24, 2.45) is 11.1 Å². The van der Waals surface area contributed by atoms with Crippen molar-refractivity contribution in [3.05, 3.63) is 34.4 Å². The van der Waals surface area contributed by atoms with Crippen molar-refractivity contribution in [1.82, 2.24) is 0 Å². The van der Waals surface area contributed by atoms with Gasteiger partial charge in [0.15, 0.2) is 0 Å². The summed E-state index contributed by atoms with van der Waals surface area (Å²) in [5.74, 6) is 0. The zero-order chi connectivity index (χ0) is 28.6. The van der Waals surface area contributed by atoms with Crippen LogP contribution in [-0.4, -0.2) is 69.6 Å². The Bertz CT molecular complexity index is 835. The van der Waals surface area contributed by atoms with E-state index in [4.69, 9.17) is 44.2 Å². The number of phosphoric acid groups is 2. The maximum atomic E-state index is 11.0. The molecule has 0 spiro atoms. The van der Waals surface area contributed by atoms with Gasteiger partial charge in [0.25, 0.3) is 0 Å².